The number of β-lactam (4-membered cyclic amide) rings is 1. The van der Waals surface area contributed by atoms with Crippen molar-refractivity contribution < 1.29 is 31.8 Å². The van der Waals surface area contributed by atoms with Crippen molar-refractivity contribution in [1.82, 2.24) is 20.7 Å². The van der Waals surface area contributed by atoms with Crippen molar-refractivity contribution in [2.45, 2.75) is 17.5 Å². The number of nitrogens with zero attached hydrogens (tertiary/aromatic N) is 2. The van der Waals surface area contributed by atoms with Gasteiger partial charge in [0.15, 0.2) is 11.2 Å². The summed E-state index contributed by atoms with van der Waals surface area (Å²) >= 11 is 2.43. The Kier molecular flexibility index (Phi) is 5.00. The molecule has 1 aromatic heterocycles. The van der Waals surface area contributed by atoms with Crippen LogP contribution in [0, 0.1) is 0 Å². The van der Waals surface area contributed by atoms with Gasteiger partial charge in [-0.25, -0.2) is 9.78 Å². The SMILES string of the molecule is C=CC1=C(C(=O)O)N2C(=O)[C@@H](NC(=O)C(NO)c3csc(N)n3)[C@H]2SC1.[HH].[HH].[HH].[HH].[HH]. The van der Waals surface area contributed by atoms with Crippen molar-refractivity contribution in [3.8, 4) is 0 Å². The minimum Gasteiger partial charge on any atom is -0.477 e. The summed E-state index contributed by atoms with van der Waals surface area (Å²) < 4.78 is 0. The molecule has 2 aliphatic heterocycles. The van der Waals surface area contributed by atoms with E-state index in [9.17, 15) is 24.7 Å². The number of aromatic nitrogens is 1. The third-order valence-corrected chi connectivity index (χ3v) is 5.97. The first-order valence-corrected chi connectivity index (χ1v) is 9.26. The number of carbonyl (C=O) groups excluding carboxylic acids is 2. The molecular formula is C14H25N5O5S2. The standard InChI is InChI=1S/C14H15N5O5S2.5H2/c1-2-5-3-25-12-8(11(21)19(12)9(5)13(22)23)17-10(20)7(18-24)6-4-26-14(15)16-6;;;;;/h2,4,7-8,12,18,24H,1,3H2,(H2,15,16)(H,17,20)(H,22,23);5*1H/t7?,8-,12-;;;;;/m1...../s1. The van der Waals surface area contributed by atoms with E-state index in [0.29, 0.717) is 11.3 Å². The molecule has 1 saturated heterocycles. The smallest absolute Gasteiger partial charge is 0.352 e. The van der Waals surface area contributed by atoms with E-state index in [1.807, 2.05) is 5.48 Å². The number of allylic oxidation sites excluding steroid dienone is 1. The van der Waals surface area contributed by atoms with E-state index in [-0.39, 0.29) is 23.7 Å². The second-order valence-corrected chi connectivity index (χ2v) is 7.45. The molecule has 0 aromatic carbocycles. The number of thioether (sulfide) groups is 1. The minimum absolute atomic E-state index is 0. The van der Waals surface area contributed by atoms with E-state index in [0.717, 1.165) is 16.2 Å². The fourth-order valence-corrected chi connectivity index (χ4v) is 4.66. The molecule has 1 fully saturated rings. The monoisotopic (exact) mass is 407 g/mol. The number of nitrogens with two attached hydrogens (primary N) is 1. The van der Waals surface area contributed by atoms with Crippen molar-refractivity contribution in [3.05, 3.63) is 35.0 Å². The zero-order valence-electron chi connectivity index (χ0n) is 13.2. The summed E-state index contributed by atoms with van der Waals surface area (Å²) in [5, 5.41) is 22.4. The second-order valence-electron chi connectivity index (χ2n) is 5.45. The Balaban J connectivity index is -0.00000157. The van der Waals surface area contributed by atoms with Crippen LogP contribution in [0.4, 0.5) is 5.13 Å². The molecule has 6 N–H and O–H groups in total. The molecule has 2 amide bonds. The molecule has 1 unspecified atom stereocenters. The van der Waals surface area contributed by atoms with Crippen LogP contribution in [0.3, 0.4) is 0 Å². The van der Waals surface area contributed by atoms with Crippen molar-refractivity contribution in [1.29, 1.82) is 0 Å². The number of nitrogen functional groups attached to an aromatic ring is 1. The molecule has 3 rings (SSSR count). The number of aliphatic carboxylic acids is 1. The highest BCUT2D eigenvalue weighted by molar-refractivity contribution is 8.00. The quantitative estimate of drug-likeness (QED) is 0.341. The Hall–Kier alpha value is -2.41. The first-order chi connectivity index (χ1) is 12.4. The van der Waals surface area contributed by atoms with E-state index >= 15 is 0 Å². The molecule has 1 aromatic rings. The molecular weight excluding hydrogens is 382 g/mol. The number of hydrogen-bond acceptors (Lipinski definition) is 9. The molecule has 0 radical (unpaired) electrons. The summed E-state index contributed by atoms with van der Waals surface area (Å²) in [4.78, 5) is 41.4. The Labute approximate surface area is 163 Å². The summed E-state index contributed by atoms with van der Waals surface area (Å²) in [6.45, 7) is 3.57. The van der Waals surface area contributed by atoms with Crippen LogP contribution in [0.25, 0.3) is 0 Å². The first kappa shape index (κ1) is 18.4. The number of carboxylic acid groups (broad SMARTS) is 1. The van der Waals surface area contributed by atoms with Gasteiger partial charge in [-0.3, -0.25) is 14.5 Å². The number of thiazole rings is 1. The number of rotatable bonds is 6. The van der Waals surface area contributed by atoms with Crippen molar-refractivity contribution in [2.24, 2.45) is 0 Å². The van der Waals surface area contributed by atoms with Gasteiger partial charge in [0, 0.05) is 18.3 Å². The van der Waals surface area contributed by atoms with E-state index in [1.165, 1.54) is 23.2 Å². The number of amides is 2. The molecule has 3 atom stereocenters. The van der Waals surface area contributed by atoms with E-state index in [2.05, 4.69) is 16.9 Å². The fourth-order valence-electron chi connectivity index (χ4n) is 2.73. The fraction of sp³-hybridized carbons (Fsp3) is 0.286. The number of nitrogens with one attached hydrogen (secondary N) is 2. The summed E-state index contributed by atoms with van der Waals surface area (Å²) in [5.41, 5.74) is 7.91. The van der Waals surface area contributed by atoms with Crippen LogP contribution in [-0.4, -0.2) is 55.1 Å². The van der Waals surface area contributed by atoms with Gasteiger partial charge in [0.05, 0.1) is 5.69 Å². The molecule has 26 heavy (non-hydrogen) atoms. The average Bonchev–Trinajstić information content (AvgIpc) is 3.04. The third-order valence-electron chi connectivity index (χ3n) is 3.97. The second kappa shape index (κ2) is 7.07. The highest BCUT2D eigenvalue weighted by Gasteiger charge is 2.54. The predicted octanol–water partition coefficient (Wildman–Crippen LogP) is 0.900. The van der Waals surface area contributed by atoms with E-state index in [1.54, 1.807) is 0 Å². The van der Waals surface area contributed by atoms with Crippen LogP contribution in [-0.2, 0) is 14.4 Å². The molecule has 0 spiro atoms. The van der Waals surface area contributed by atoms with Crippen molar-refractivity contribution in [3.63, 3.8) is 0 Å². The van der Waals surface area contributed by atoms with Crippen LogP contribution < -0.4 is 16.5 Å². The van der Waals surface area contributed by atoms with Gasteiger partial charge in [0.1, 0.15) is 17.1 Å². The average molecular weight is 408 g/mol. The maximum atomic E-state index is 12.4. The Bertz CT molecular complexity index is 842. The number of carboxylic acids is 1. The first-order valence-electron chi connectivity index (χ1n) is 7.33. The maximum Gasteiger partial charge on any atom is 0.352 e. The zero-order chi connectivity index (χ0) is 19.0. The Morgan fingerprint density at radius 3 is 2.85 bits per heavy atom. The minimum atomic E-state index is -1.23. The van der Waals surface area contributed by atoms with Gasteiger partial charge in [-0.2, -0.15) is 5.48 Å². The number of carbonyl (C=O) groups is 3. The van der Waals surface area contributed by atoms with Crippen LogP contribution in [0.1, 0.15) is 18.9 Å². The van der Waals surface area contributed by atoms with Crippen molar-refractivity contribution in [2.75, 3.05) is 11.5 Å². The lowest BCUT2D eigenvalue weighted by Crippen LogP contribution is -2.71. The van der Waals surface area contributed by atoms with Gasteiger partial charge in [-0.05, 0) is 5.57 Å². The van der Waals surface area contributed by atoms with Gasteiger partial charge in [0.2, 0.25) is 5.91 Å². The third kappa shape index (κ3) is 2.96. The van der Waals surface area contributed by atoms with Gasteiger partial charge in [-0.15, -0.1) is 23.1 Å². The summed E-state index contributed by atoms with van der Waals surface area (Å²) in [6, 6.07) is -2.10. The van der Waals surface area contributed by atoms with Gasteiger partial charge >= 0.3 is 5.97 Å². The van der Waals surface area contributed by atoms with Gasteiger partial charge in [-0.1, -0.05) is 12.7 Å². The van der Waals surface area contributed by atoms with E-state index < -0.39 is 35.2 Å². The largest absolute Gasteiger partial charge is 0.477 e. The van der Waals surface area contributed by atoms with Crippen LogP contribution in [0.2, 0.25) is 0 Å². The lowest BCUT2D eigenvalue weighted by atomic mass is 10.0. The molecule has 3 heterocycles. The van der Waals surface area contributed by atoms with Gasteiger partial charge < -0.3 is 21.4 Å². The Morgan fingerprint density at radius 1 is 1.58 bits per heavy atom. The molecule has 0 bridgehead atoms. The number of hydroxylamine groups is 1. The lowest BCUT2D eigenvalue weighted by molar-refractivity contribution is -0.151. The molecule has 2 aliphatic rings. The highest BCUT2D eigenvalue weighted by Crippen LogP contribution is 2.40. The number of fused-ring (bicyclic) bond motifs is 1. The zero-order valence-corrected chi connectivity index (χ0v) is 14.8. The molecule has 0 aliphatic carbocycles. The Morgan fingerprint density at radius 2 is 2.31 bits per heavy atom. The highest BCUT2D eigenvalue weighted by atomic mass is 32.2. The normalized spacial score (nSPS) is 23.1. The van der Waals surface area contributed by atoms with Crippen LogP contribution >= 0.6 is 23.1 Å². The topological polar surface area (TPSA) is 158 Å². The maximum absolute atomic E-state index is 12.4. The van der Waals surface area contributed by atoms with E-state index in [4.69, 9.17) is 5.73 Å². The predicted molar refractivity (Wildman–Crippen MR) is 105 cm³/mol. The summed E-state index contributed by atoms with van der Waals surface area (Å²) in [6.07, 6.45) is 1.41. The summed E-state index contributed by atoms with van der Waals surface area (Å²) in [7, 11) is 0. The summed E-state index contributed by atoms with van der Waals surface area (Å²) in [5.74, 6) is -2.08. The molecule has 148 valence electrons. The van der Waals surface area contributed by atoms with Crippen LogP contribution in [0.15, 0.2) is 29.3 Å². The molecule has 0 saturated carbocycles. The molecule has 12 heteroatoms. The lowest BCUT2D eigenvalue weighted by Gasteiger charge is -2.49. The van der Waals surface area contributed by atoms with Gasteiger partial charge in [0.25, 0.3) is 5.91 Å². The molecule has 10 nitrogen and oxygen atoms in total. The number of hydrogen-bond donors (Lipinski definition) is 5. The number of anilines is 1. The van der Waals surface area contributed by atoms with Crippen molar-refractivity contribution >= 4 is 46.0 Å². The van der Waals surface area contributed by atoms with Crippen LogP contribution in [0.5, 0.6) is 0 Å².